The number of aliphatic carboxylic acids is 1. The van der Waals surface area contributed by atoms with Gasteiger partial charge in [-0.05, 0) is 43.4 Å². The van der Waals surface area contributed by atoms with Crippen LogP contribution in [0.1, 0.15) is 60.0 Å². The molecule has 3 amide bonds. The monoisotopic (exact) mass is 473 g/mol. The van der Waals surface area contributed by atoms with Crippen molar-refractivity contribution in [3.63, 3.8) is 0 Å². The van der Waals surface area contributed by atoms with Crippen LogP contribution in [0.3, 0.4) is 0 Å². The molecule has 1 fully saturated rings. The summed E-state index contributed by atoms with van der Waals surface area (Å²) in [4.78, 5) is 37.2. The number of anilines is 2. The normalized spacial score (nSPS) is 14.8. The standard InChI is InChI=1S/C25H29F2N3O4/c1-14-7-6-8-15(2)22(14)30-25(34)29-20-13-19(27)18(26)12-17(20)23(31)28-21(24(32)33)11-16-9-4-3-5-10-16/h6-8,12-13,16,21H,3-5,9-11H2,1-2H3,(H,28,31)(H,32,33)(H2,29,30,34)/t21-/m0/s1. The van der Waals surface area contributed by atoms with Crippen LogP contribution < -0.4 is 16.0 Å². The first-order chi connectivity index (χ1) is 16.2. The summed E-state index contributed by atoms with van der Waals surface area (Å²) < 4.78 is 27.9. The lowest BCUT2D eigenvalue weighted by Gasteiger charge is -2.25. The maximum atomic E-state index is 14.0. The molecule has 0 spiro atoms. The highest BCUT2D eigenvalue weighted by atomic mass is 19.2. The predicted molar refractivity (Wildman–Crippen MR) is 125 cm³/mol. The van der Waals surface area contributed by atoms with E-state index in [4.69, 9.17) is 0 Å². The first-order valence-corrected chi connectivity index (χ1v) is 11.3. The molecule has 34 heavy (non-hydrogen) atoms. The molecule has 0 aliphatic heterocycles. The van der Waals surface area contributed by atoms with Crippen molar-refractivity contribution in [2.24, 2.45) is 5.92 Å². The van der Waals surface area contributed by atoms with E-state index in [2.05, 4.69) is 16.0 Å². The Labute approximate surface area is 196 Å². The molecule has 1 atom stereocenters. The smallest absolute Gasteiger partial charge is 0.326 e. The van der Waals surface area contributed by atoms with Gasteiger partial charge in [0, 0.05) is 11.8 Å². The summed E-state index contributed by atoms with van der Waals surface area (Å²) in [5, 5.41) is 17.0. The van der Waals surface area contributed by atoms with Crippen LogP contribution in [0.15, 0.2) is 30.3 Å². The Hall–Kier alpha value is -3.49. The first kappa shape index (κ1) is 25.1. The number of carboxylic acid groups (broad SMARTS) is 1. The Morgan fingerprint density at radius 1 is 1.00 bits per heavy atom. The second-order valence-corrected chi connectivity index (χ2v) is 8.76. The summed E-state index contributed by atoms with van der Waals surface area (Å²) >= 11 is 0. The van der Waals surface area contributed by atoms with Crippen LogP contribution in [-0.2, 0) is 4.79 Å². The molecule has 0 aromatic heterocycles. The molecule has 0 saturated heterocycles. The van der Waals surface area contributed by atoms with E-state index in [1.165, 1.54) is 0 Å². The topological polar surface area (TPSA) is 108 Å². The van der Waals surface area contributed by atoms with Gasteiger partial charge in [-0.2, -0.15) is 0 Å². The van der Waals surface area contributed by atoms with Crippen molar-refractivity contribution in [2.45, 2.75) is 58.4 Å². The Morgan fingerprint density at radius 3 is 2.24 bits per heavy atom. The average molecular weight is 474 g/mol. The average Bonchev–Trinajstić information content (AvgIpc) is 2.78. The van der Waals surface area contributed by atoms with E-state index >= 15 is 0 Å². The summed E-state index contributed by atoms with van der Waals surface area (Å²) in [5.41, 5.74) is 1.50. The lowest BCUT2D eigenvalue weighted by Crippen LogP contribution is -2.42. The molecular formula is C25H29F2N3O4. The summed E-state index contributed by atoms with van der Waals surface area (Å²) in [7, 11) is 0. The van der Waals surface area contributed by atoms with Crippen LogP contribution in [0, 0.1) is 31.4 Å². The van der Waals surface area contributed by atoms with E-state index in [1.807, 2.05) is 6.07 Å². The summed E-state index contributed by atoms with van der Waals surface area (Å²) in [5.74, 6) is -4.49. The van der Waals surface area contributed by atoms with Crippen molar-refractivity contribution < 1.29 is 28.3 Å². The zero-order valence-corrected chi connectivity index (χ0v) is 19.2. The summed E-state index contributed by atoms with van der Waals surface area (Å²) in [6, 6.07) is 4.85. The third-order valence-electron chi connectivity index (χ3n) is 6.17. The molecule has 1 aliphatic carbocycles. The van der Waals surface area contributed by atoms with Gasteiger partial charge in [0.2, 0.25) is 0 Å². The number of hydrogen-bond acceptors (Lipinski definition) is 3. The second-order valence-electron chi connectivity index (χ2n) is 8.76. The number of carboxylic acids is 1. The van der Waals surface area contributed by atoms with Gasteiger partial charge in [-0.15, -0.1) is 0 Å². The number of carbonyl (C=O) groups excluding carboxylic acids is 2. The number of benzene rings is 2. The van der Waals surface area contributed by atoms with Gasteiger partial charge in [0.05, 0.1) is 11.3 Å². The van der Waals surface area contributed by atoms with Crippen LogP contribution in [0.2, 0.25) is 0 Å². The number of hydrogen-bond donors (Lipinski definition) is 4. The minimum absolute atomic E-state index is 0.167. The van der Waals surface area contributed by atoms with Crippen LogP contribution >= 0.6 is 0 Å². The molecule has 9 heteroatoms. The SMILES string of the molecule is Cc1cccc(C)c1NC(=O)Nc1cc(F)c(F)cc1C(=O)N[C@@H](CC1CCCCC1)C(=O)O. The number of carbonyl (C=O) groups is 3. The first-order valence-electron chi connectivity index (χ1n) is 11.3. The highest BCUT2D eigenvalue weighted by Crippen LogP contribution is 2.28. The van der Waals surface area contributed by atoms with Crippen molar-refractivity contribution in [2.75, 3.05) is 10.6 Å². The fraction of sp³-hybridized carbons (Fsp3) is 0.400. The highest BCUT2D eigenvalue weighted by molar-refractivity contribution is 6.07. The Kier molecular flexibility index (Phi) is 8.20. The Morgan fingerprint density at radius 2 is 1.62 bits per heavy atom. The molecule has 2 aromatic carbocycles. The number of para-hydroxylation sites is 1. The largest absolute Gasteiger partial charge is 0.480 e. The van der Waals surface area contributed by atoms with Gasteiger partial charge in [-0.1, -0.05) is 50.3 Å². The molecule has 182 valence electrons. The molecule has 4 N–H and O–H groups in total. The summed E-state index contributed by atoms with van der Waals surface area (Å²) in [6.07, 6.45) is 5.15. The minimum Gasteiger partial charge on any atom is -0.480 e. The van der Waals surface area contributed by atoms with Gasteiger partial charge in [0.25, 0.3) is 5.91 Å². The van der Waals surface area contributed by atoms with E-state index in [-0.39, 0.29) is 23.6 Å². The van der Waals surface area contributed by atoms with Gasteiger partial charge < -0.3 is 21.1 Å². The number of aryl methyl sites for hydroxylation is 2. The van der Waals surface area contributed by atoms with Crippen molar-refractivity contribution in [3.8, 4) is 0 Å². The van der Waals surface area contributed by atoms with Gasteiger partial charge in [-0.25, -0.2) is 18.4 Å². The van der Waals surface area contributed by atoms with Crippen LogP contribution in [0.5, 0.6) is 0 Å². The number of nitrogens with one attached hydrogen (secondary N) is 3. The maximum Gasteiger partial charge on any atom is 0.326 e. The van der Waals surface area contributed by atoms with Crippen molar-refractivity contribution in [1.29, 1.82) is 0 Å². The predicted octanol–water partition coefficient (Wildman–Crippen LogP) is 5.38. The van der Waals surface area contributed by atoms with E-state index in [9.17, 15) is 28.3 Å². The third kappa shape index (κ3) is 6.30. The molecule has 1 saturated carbocycles. The van der Waals surface area contributed by atoms with Gasteiger partial charge in [0.1, 0.15) is 6.04 Å². The lowest BCUT2D eigenvalue weighted by atomic mass is 9.85. The van der Waals surface area contributed by atoms with Crippen LogP contribution in [-0.4, -0.2) is 29.1 Å². The number of halogens is 2. The Bertz CT molecular complexity index is 1060. The molecule has 7 nitrogen and oxygen atoms in total. The van der Waals surface area contributed by atoms with Crippen molar-refractivity contribution >= 4 is 29.3 Å². The van der Waals surface area contributed by atoms with Crippen LogP contribution in [0.4, 0.5) is 25.0 Å². The van der Waals surface area contributed by atoms with Crippen molar-refractivity contribution in [3.05, 3.63) is 58.7 Å². The van der Waals surface area contributed by atoms with E-state index in [0.717, 1.165) is 43.2 Å². The number of amides is 3. The third-order valence-corrected chi connectivity index (χ3v) is 6.17. The molecule has 0 unspecified atom stereocenters. The van der Waals surface area contributed by atoms with Gasteiger partial charge in [-0.3, -0.25) is 4.79 Å². The Balaban J connectivity index is 1.79. The van der Waals surface area contributed by atoms with Crippen molar-refractivity contribution in [1.82, 2.24) is 5.32 Å². The molecule has 1 aliphatic rings. The van der Waals surface area contributed by atoms with E-state index < -0.39 is 35.6 Å². The minimum atomic E-state index is -1.29. The molecule has 2 aromatic rings. The lowest BCUT2D eigenvalue weighted by molar-refractivity contribution is -0.139. The molecule has 0 bridgehead atoms. The van der Waals surface area contributed by atoms with Crippen LogP contribution in [0.25, 0.3) is 0 Å². The highest BCUT2D eigenvalue weighted by Gasteiger charge is 2.27. The fourth-order valence-corrected chi connectivity index (χ4v) is 4.33. The fourth-order valence-electron chi connectivity index (χ4n) is 4.33. The quantitative estimate of drug-likeness (QED) is 0.433. The maximum absolute atomic E-state index is 14.0. The molecule has 3 rings (SSSR count). The molecule has 0 heterocycles. The molecule has 0 radical (unpaired) electrons. The van der Waals surface area contributed by atoms with E-state index in [0.29, 0.717) is 17.8 Å². The second kappa shape index (κ2) is 11.1. The van der Waals surface area contributed by atoms with E-state index in [1.54, 1.807) is 26.0 Å². The zero-order chi connectivity index (χ0) is 24.8. The number of urea groups is 1. The summed E-state index contributed by atoms with van der Waals surface area (Å²) in [6.45, 7) is 3.61. The molecular weight excluding hydrogens is 444 g/mol. The van der Waals surface area contributed by atoms with Gasteiger partial charge in [0.15, 0.2) is 11.6 Å². The van der Waals surface area contributed by atoms with Gasteiger partial charge >= 0.3 is 12.0 Å². The zero-order valence-electron chi connectivity index (χ0n) is 19.2. The number of rotatable bonds is 7.